The van der Waals surface area contributed by atoms with Gasteiger partial charge in [-0.2, -0.15) is 5.10 Å². The summed E-state index contributed by atoms with van der Waals surface area (Å²) in [6, 6.07) is 15.6. The normalized spacial score (nSPS) is 12.2. The molecule has 0 aliphatic heterocycles. The molecule has 3 aromatic heterocycles. The molecule has 0 radical (unpaired) electrons. The summed E-state index contributed by atoms with van der Waals surface area (Å²) in [6.07, 6.45) is 4.79. The number of fused-ring (bicyclic) bond motifs is 1. The lowest BCUT2D eigenvalue weighted by atomic mass is 10.0. The van der Waals surface area contributed by atoms with Gasteiger partial charge < -0.3 is 11.1 Å². The van der Waals surface area contributed by atoms with Crippen molar-refractivity contribution in [3.05, 3.63) is 66.5 Å². The van der Waals surface area contributed by atoms with Gasteiger partial charge in [-0.25, -0.2) is 14.5 Å². The molecule has 1 aromatic carbocycles. The average molecular weight is 415 g/mol. The first-order chi connectivity index (χ1) is 15.0. The number of benzene rings is 1. The topological polar surface area (TPSA) is 98.2 Å². The first kappa shape index (κ1) is 20.7. The SMILES string of the molecule is CCN[C@@H](C)CCC(=O)c1cc(N)nc(-c2cnn3ccc(-c4ccccc4)nc23)c1. The molecule has 0 bridgehead atoms. The Hall–Kier alpha value is -3.58. The maximum absolute atomic E-state index is 12.8. The Labute approximate surface area is 181 Å². The second kappa shape index (κ2) is 9.06. The van der Waals surface area contributed by atoms with E-state index in [4.69, 9.17) is 10.7 Å². The predicted molar refractivity (Wildman–Crippen MR) is 123 cm³/mol. The fourth-order valence-corrected chi connectivity index (χ4v) is 3.61. The van der Waals surface area contributed by atoms with Gasteiger partial charge in [0.2, 0.25) is 0 Å². The van der Waals surface area contributed by atoms with E-state index in [2.05, 4.69) is 29.2 Å². The third-order valence-corrected chi connectivity index (χ3v) is 5.24. The van der Waals surface area contributed by atoms with Crippen molar-refractivity contribution >= 4 is 17.2 Å². The molecule has 0 amide bonds. The van der Waals surface area contributed by atoms with Crippen LogP contribution in [-0.2, 0) is 0 Å². The van der Waals surface area contributed by atoms with E-state index in [-0.39, 0.29) is 11.8 Å². The van der Waals surface area contributed by atoms with Crippen LogP contribution >= 0.6 is 0 Å². The number of hydrogen-bond donors (Lipinski definition) is 2. The van der Waals surface area contributed by atoms with E-state index >= 15 is 0 Å². The number of nitrogen functional groups attached to an aromatic ring is 1. The van der Waals surface area contributed by atoms with Gasteiger partial charge in [-0.05, 0) is 38.1 Å². The van der Waals surface area contributed by atoms with Gasteiger partial charge in [-0.15, -0.1) is 0 Å². The van der Waals surface area contributed by atoms with Crippen molar-refractivity contribution in [1.82, 2.24) is 24.9 Å². The lowest BCUT2D eigenvalue weighted by Crippen LogP contribution is -2.26. The number of rotatable bonds is 8. The van der Waals surface area contributed by atoms with Crippen LogP contribution in [0.25, 0.3) is 28.2 Å². The van der Waals surface area contributed by atoms with Crippen LogP contribution in [0, 0.1) is 0 Å². The van der Waals surface area contributed by atoms with Crippen LogP contribution in [0.1, 0.15) is 37.0 Å². The molecule has 1 atom stereocenters. The highest BCUT2D eigenvalue weighted by Gasteiger charge is 2.16. The maximum Gasteiger partial charge on any atom is 0.164 e. The van der Waals surface area contributed by atoms with Crippen LogP contribution in [0.4, 0.5) is 5.82 Å². The first-order valence-electron chi connectivity index (χ1n) is 10.5. The number of anilines is 1. The molecule has 0 unspecified atom stereocenters. The summed E-state index contributed by atoms with van der Waals surface area (Å²) >= 11 is 0. The monoisotopic (exact) mass is 414 g/mol. The largest absolute Gasteiger partial charge is 0.384 e. The van der Waals surface area contributed by atoms with Gasteiger partial charge in [0, 0.05) is 29.8 Å². The molecule has 4 aromatic rings. The van der Waals surface area contributed by atoms with Gasteiger partial charge in [0.25, 0.3) is 0 Å². The predicted octanol–water partition coefficient (Wildman–Crippen LogP) is 4.00. The first-order valence-corrected chi connectivity index (χ1v) is 10.5. The molecular weight excluding hydrogens is 388 g/mol. The number of Topliss-reactive ketones (excluding diaryl/α,β-unsaturated/α-hetero) is 1. The highest BCUT2D eigenvalue weighted by atomic mass is 16.1. The summed E-state index contributed by atoms with van der Waals surface area (Å²) in [5, 5.41) is 7.72. The lowest BCUT2D eigenvalue weighted by Gasteiger charge is -2.11. The molecule has 158 valence electrons. The van der Waals surface area contributed by atoms with Crippen LogP contribution < -0.4 is 11.1 Å². The number of hydrogen-bond acceptors (Lipinski definition) is 6. The van der Waals surface area contributed by atoms with E-state index in [0.717, 1.165) is 29.8 Å². The molecule has 31 heavy (non-hydrogen) atoms. The third kappa shape index (κ3) is 4.62. The van der Waals surface area contributed by atoms with Gasteiger partial charge in [0.15, 0.2) is 11.4 Å². The number of nitrogens with one attached hydrogen (secondary N) is 1. The summed E-state index contributed by atoms with van der Waals surface area (Å²) in [6.45, 7) is 5.02. The summed E-state index contributed by atoms with van der Waals surface area (Å²) in [5.41, 5.74) is 10.5. The molecule has 7 heteroatoms. The summed E-state index contributed by atoms with van der Waals surface area (Å²) in [7, 11) is 0. The van der Waals surface area contributed by atoms with E-state index in [1.807, 2.05) is 42.6 Å². The van der Waals surface area contributed by atoms with Gasteiger partial charge in [0.1, 0.15) is 5.82 Å². The van der Waals surface area contributed by atoms with E-state index in [9.17, 15) is 4.79 Å². The minimum Gasteiger partial charge on any atom is -0.384 e. The number of carbonyl (C=O) groups excluding carboxylic acids is 1. The third-order valence-electron chi connectivity index (χ3n) is 5.24. The van der Waals surface area contributed by atoms with E-state index in [0.29, 0.717) is 29.1 Å². The molecule has 0 spiro atoms. The van der Waals surface area contributed by atoms with E-state index in [1.165, 1.54) is 0 Å². The molecule has 3 heterocycles. The molecule has 0 aliphatic carbocycles. The molecular formula is C24H26N6O. The second-order valence-electron chi connectivity index (χ2n) is 7.59. The molecule has 7 nitrogen and oxygen atoms in total. The number of carbonyl (C=O) groups is 1. The maximum atomic E-state index is 12.8. The molecule has 0 fully saturated rings. The van der Waals surface area contributed by atoms with Gasteiger partial charge >= 0.3 is 0 Å². The van der Waals surface area contributed by atoms with Gasteiger partial charge in [0.05, 0.1) is 23.1 Å². The van der Waals surface area contributed by atoms with Crippen molar-refractivity contribution < 1.29 is 4.79 Å². The van der Waals surface area contributed by atoms with Crippen LogP contribution in [0.5, 0.6) is 0 Å². The van der Waals surface area contributed by atoms with Crippen LogP contribution in [0.15, 0.2) is 60.9 Å². The summed E-state index contributed by atoms with van der Waals surface area (Å²) < 4.78 is 1.70. The number of aromatic nitrogens is 4. The molecule has 0 saturated heterocycles. The Bertz CT molecular complexity index is 1200. The Kier molecular flexibility index (Phi) is 6.04. The Morgan fingerprint density at radius 1 is 1.13 bits per heavy atom. The second-order valence-corrected chi connectivity index (χ2v) is 7.59. The standard InChI is InChI=1S/C24H26N6O/c1-3-26-16(2)9-10-22(31)18-13-21(28-23(25)14-18)19-15-27-30-12-11-20(29-24(19)30)17-7-5-4-6-8-17/h4-8,11-16,26H,3,9-10H2,1-2H3,(H2,25,28)/t16-/m0/s1. The van der Waals surface area contributed by atoms with Crippen molar-refractivity contribution in [3.63, 3.8) is 0 Å². The Morgan fingerprint density at radius 2 is 1.94 bits per heavy atom. The number of nitrogens with zero attached hydrogens (tertiary/aromatic N) is 4. The quantitative estimate of drug-likeness (QED) is 0.423. The van der Waals surface area contributed by atoms with Gasteiger partial charge in [-0.1, -0.05) is 37.3 Å². The summed E-state index contributed by atoms with van der Waals surface area (Å²) in [4.78, 5) is 22.0. The van der Waals surface area contributed by atoms with Crippen molar-refractivity contribution in [1.29, 1.82) is 0 Å². The van der Waals surface area contributed by atoms with Crippen LogP contribution in [0.2, 0.25) is 0 Å². The van der Waals surface area contributed by atoms with Gasteiger partial charge in [-0.3, -0.25) is 4.79 Å². The minimum absolute atomic E-state index is 0.0505. The van der Waals surface area contributed by atoms with Crippen molar-refractivity contribution in [2.75, 3.05) is 12.3 Å². The smallest absolute Gasteiger partial charge is 0.164 e. The van der Waals surface area contributed by atoms with E-state index in [1.54, 1.807) is 22.8 Å². The number of nitrogens with two attached hydrogens (primary N) is 1. The molecule has 3 N–H and O–H groups in total. The Balaban J connectivity index is 1.67. The summed E-state index contributed by atoms with van der Waals surface area (Å²) in [5.74, 6) is 0.355. The number of ketones is 1. The zero-order valence-electron chi connectivity index (χ0n) is 17.7. The fourth-order valence-electron chi connectivity index (χ4n) is 3.61. The van der Waals surface area contributed by atoms with Crippen molar-refractivity contribution in [2.45, 2.75) is 32.7 Å². The molecule has 0 aliphatic rings. The fraction of sp³-hybridized carbons (Fsp3) is 0.250. The lowest BCUT2D eigenvalue weighted by molar-refractivity contribution is 0.0976. The number of pyridine rings is 1. The van der Waals surface area contributed by atoms with E-state index < -0.39 is 0 Å². The van der Waals surface area contributed by atoms with Crippen molar-refractivity contribution in [3.8, 4) is 22.5 Å². The van der Waals surface area contributed by atoms with Crippen molar-refractivity contribution in [2.24, 2.45) is 0 Å². The molecule has 4 rings (SSSR count). The van der Waals surface area contributed by atoms with Crippen LogP contribution in [-0.4, -0.2) is 38.0 Å². The van der Waals surface area contributed by atoms with Crippen LogP contribution in [0.3, 0.4) is 0 Å². The zero-order valence-corrected chi connectivity index (χ0v) is 17.7. The average Bonchev–Trinajstić information content (AvgIpc) is 3.21. The minimum atomic E-state index is 0.0505. The highest BCUT2D eigenvalue weighted by molar-refractivity contribution is 5.98. The zero-order chi connectivity index (χ0) is 21.8. The molecule has 0 saturated carbocycles. The Morgan fingerprint density at radius 3 is 2.71 bits per heavy atom. The highest BCUT2D eigenvalue weighted by Crippen LogP contribution is 2.26.